The Hall–Kier alpha value is -3.00. The molecule has 0 amide bonds. The van der Waals surface area contributed by atoms with Crippen LogP contribution in [0.3, 0.4) is 0 Å². The fraction of sp³-hybridized carbons (Fsp3) is 0.263. The Bertz CT molecular complexity index is 812. The zero-order chi connectivity index (χ0) is 19.6. The number of nitrogens with one attached hydrogen (secondary N) is 2. The number of hydrogen-bond acceptors (Lipinski definition) is 6. The number of benzene rings is 2. The number of methoxy groups -OCH3 is 2. The molecule has 0 unspecified atom stereocenters. The molecule has 0 heterocycles. The van der Waals surface area contributed by atoms with E-state index in [4.69, 9.17) is 26.4 Å². The molecule has 0 aromatic heterocycles. The van der Waals surface area contributed by atoms with Crippen LogP contribution in [0.2, 0.25) is 0 Å². The molecule has 0 atom stereocenters. The summed E-state index contributed by atoms with van der Waals surface area (Å²) in [7, 11) is 3.14. The van der Waals surface area contributed by atoms with Crippen LogP contribution in [0.5, 0.6) is 23.0 Å². The van der Waals surface area contributed by atoms with E-state index in [1.54, 1.807) is 50.6 Å². The highest BCUT2D eigenvalue weighted by Crippen LogP contribution is 2.29. The Morgan fingerprint density at radius 1 is 1.15 bits per heavy atom. The normalized spacial score (nSPS) is 10.5. The number of anilines is 1. The van der Waals surface area contributed by atoms with Crippen LogP contribution in [0, 0.1) is 0 Å². The first kappa shape index (κ1) is 20.3. The van der Waals surface area contributed by atoms with Gasteiger partial charge in [-0.05, 0) is 42.9 Å². The Kier molecular flexibility index (Phi) is 7.69. The summed E-state index contributed by atoms with van der Waals surface area (Å²) in [5.74, 6) is 1.91. The lowest BCUT2D eigenvalue weighted by Gasteiger charge is -2.11. The Labute approximate surface area is 164 Å². The molecule has 144 valence electrons. The number of phenolic OH excluding ortho intramolecular Hbond substituents is 1. The minimum Gasteiger partial charge on any atom is -0.507 e. The molecule has 0 saturated carbocycles. The van der Waals surface area contributed by atoms with Crippen LogP contribution in [0.4, 0.5) is 5.69 Å². The standard InChI is InChI=1S/C19H23N3O4S/c1-4-9-26-15-7-5-13(16(23)11-15)12-20-22-19(27)21-14-6-8-17(24-2)18(10-14)25-3/h5-8,10-12,23H,4,9H2,1-3H3,(H2,21,22,27)/b20-12+. The van der Waals surface area contributed by atoms with E-state index in [9.17, 15) is 5.11 Å². The summed E-state index contributed by atoms with van der Waals surface area (Å²) in [6, 6.07) is 10.4. The molecule has 7 nitrogen and oxygen atoms in total. The molecule has 0 aliphatic rings. The van der Waals surface area contributed by atoms with Gasteiger partial charge in [-0.3, -0.25) is 5.43 Å². The zero-order valence-corrected chi connectivity index (χ0v) is 16.3. The van der Waals surface area contributed by atoms with Gasteiger partial charge in [-0.2, -0.15) is 5.10 Å². The first-order valence-corrected chi connectivity index (χ1v) is 8.76. The number of nitrogens with zero attached hydrogens (tertiary/aromatic N) is 1. The van der Waals surface area contributed by atoms with Crippen LogP contribution in [0.25, 0.3) is 0 Å². The topological polar surface area (TPSA) is 84.3 Å². The molecule has 2 aromatic carbocycles. The number of phenols is 1. The average molecular weight is 389 g/mol. The van der Waals surface area contributed by atoms with E-state index in [2.05, 4.69) is 15.8 Å². The van der Waals surface area contributed by atoms with Gasteiger partial charge >= 0.3 is 0 Å². The molecule has 8 heteroatoms. The number of hydrazone groups is 1. The SMILES string of the molecule is CCCOc1ccc(/C=N/NC(=S)Nc2ccc(OC)c(OC)c2)c(O)c1. The zero-order valence-electron chi connectivity index (χ0n) is 15.5. The summed E-state index contributed by atoms with van der Waals surface area (Å²) in [5, 5.41) is 17.3. The van der Waals surface area contributed by atoms with Crippen molar-refractivity contribution >= 4 is 29.2 Å². The van der Waals surface area contributed by atoms with Crippen LogP contribution >= 0.6 is 12.2 Å². The van der Waals surface area contributed by atoms with E-state index in [1.165, 1.54) is 6.21 Å². The lowest BCUT2D eigenvalue weighted by molar-refractivity contribution is 0.315. The number of rotatable bonds is 8. The molecule has 0 saturated heterocycles. The quantitative estimate of drug-likeness (QED) is 0.362. The molecular weight excluding hydrogens is 366 g/mol. The highest BCUT2D eigenvalue weighted by atomic mass is 32.1. The summed E-state index contributed by atoms with van der Waals surface area (Å²) >= 11 is 5.20. The number of thiocarbonyl (C=S) groups is 1. The molecule has 0 radical (unpaired) electrons. The molecule has 0 bridgehead atoms. The van der Waals surface area contributed by atoms with Crippen LogP contribution < -0.4 is 25.0 Å². The molecule has 0 spiro atoms. The molecule has 27 heavy (non-hydrogen) atoms. The molecular formula is C19H23N3O4S. The molecule has 0 aliphatic heterocycles. The van der Waals surface area contributed by atoms with Gasteiger partial charge in [0.15, 0.2) is 16.6 Å². The van der Waals surface area contributed by atoms with Crippen molar-refractivity contribution in [1.29, 1.82) is 0 Å². The third-order valence-corrected chi connectivity index (χ3v) is 3.68. The maximum Gasteiger partial charge on any atom is 0.191 e. The Morgan fingerprint density at radius 3 is 2.59 bits per heavy atom. The van der Waals surface area contributed by atoms with Crippen LogP contribution in [0.15, 0.2) is 41.5 Å². The fourth-order valence-corrected chi connectivity index (χ4v) is 2.35. The van der Waals surface area contributed by atoms with E-state index in [-0.39, 0.29) is 5.75 Å². The largest absolute Gasteiger partial charge is 0.507 e. The number of ether oxygens (including phenoxy) is 3. The minimum atomic E-state index is 0.0768. The van der Waals surface area contributed by atoms with Crippen molar-refractivity contribution in [3.8, 4) is 23.0 Å². The van der Waals surface area contributed by atoms with Gasteiger partial charge in [-0.15, -0.1) is 0 Å². The van der Waals surface area contributed by atoms with Gasteiger partial charge in [0.2, 0.25) is 0 Å². The van der Waals surface area contributed by atoms with Gasteiger partial charge in [-0.1, -0.05) is 6.92 Å². The van der Waals surface area contributed by atoms with E-state index in [0.717, 1.165) is 12.1 Å². The molecule has 0 aliphatic carbocycles. The third kappa shape index (κ3) is 6.03. The lowest BCUT2D eigenvalue weighted by Crippen LogP contribution is -2.23. The van der Waals surface area contributed by atoms with Gasteiger partial charge in [0.1, 0.15) is 11.5 Å². The van der Waals surface area contributed by atoms with Crippen LogP contribution in [-0.4, -0.2) is 37.3 Å². The van der Waals surface area contributed by atoms with Crippen molar-refractivity contribution < 1.29 is 19.3 Å². The van der Waals surface area contributed by atoms with Crippen molar-refractivity contribution in [2.45, 2.75) is 13.3 Å². The van der Waals surface area contributed by atoms with Crippen molar-refractivity contribution in [3.05, 3.63) is 42.0 Å². The molecule has 3 N–H and O–H groups in total. The smallest absolute Gasteiger partial charge is 0.191 e. The second-order valence-corrected chi connectivity index (χ2v) is 5.87. The monoisotopic (exact) mass is 389 g/mol. The summed E-state index contributed by atoms with van der Waals surface area (Å²) in [4.78, 5) is 0. The fourth-order valence-electron chi connectivity index (χ4n) is 2.18. The predicted molar refractivity (Wildman–Crippen MR) is 110 cm³/mol. The second kappa shape index (κ2) is 10.2. The van der Waals surface area contributed by atoms with E-state index < -0.39 is 0 Å². The first-order chi connectivity index (χ1) is 13.1. The summed E-state index contributed by atoms with van der Waals surface area (Å²) in [6.45, 7) is 2.62. The summed E-state index contributed by atoms with van der Waals surface area (Å²) < 4.78 is 15.9. The van der Waals surface area contributed by atoms with Crippen molar-refractivity contribution in [3.63, 3.8) is 0 Å². The molecule has 0 fully saturated rings. The van der Waals surface area contributed by atoms with Crippen molar-refractivity contribution in [2.24, 2.45) is 5.10 Å². The van der Waals surface area contributed by atoms with E-state index >= 15 is 0 Å². The van der Waals surface area contributed by atoms with Gasteiger partial charge in [0.25, 0.3) is 0 Å². The number of hydrogen-bond donors (Lipinski definition) is 3. The molecule has 2 rings (SSSR count). The minimum absolute atomic E-state index is 0.0768. The lowest BCUT2D eigenvalue weighted by atomic mass is 10.2. The Morgan fingerprint density at radius 2 is 1.93 bits per heavy atom. The van der Waals surface area contributed by atoms with E-state index in [0.29, 0.717) is 34.5 Å². The van der Waals surface area contributed by atoms with Gasteiger partial charge in [0.05, 0.1) is 27.0 Å². The maximum absolute atomic E-state index is 10.0. The van der Waals surface area contributed by atoms with Gasteiger partial charge in [-0.25, -0.2) is 0 Å². The first-order valence-electron chi connectivity index (χ1n) is 8.35. The summed E-state index contributed by atoms with van der Waals surface area (Å²) in [5.41, 5.74) is 3.96. The van der Waals surface area contributed by atoms with Crippen LogP contribution in [0.1, 0.15) is 18.9 Å². The van der Waals surface area contributed by atoms with Crippen molar-refractivity contribution in [1.82, 2.24) is 5.43 Å². The van der Waals surface area contributed by atoms with Crippen molar-refractivity contribution in [2.75, 3.05) is 26.1 Å². The second-order valence-electron chi connectivity index (χ2n) is 5.46. The van der Waals surface area contributed by atoms with Gasteiger partial charge in [0, 0.05) is 23.4 Å². The average Bonchev–Trinajstić information content (AvgIpc) is 2.67. The van der Waals surface area contributed by atoms with E-state index in [1.807, 2.05) is 6.92 Å². The maximum atomic E-state index is 10.0. The number of aromatic hydroxyl groups is 1. The highest BCUT2D eigenvalue weighted by molar-refractivity contribution is 7.80. The predicted octanol–water partition coefficient (Wildman–Crippen LogP) is 3.52. The third-order valence-electron chi connectivity index (χ3n) is 3.49. The highest BCUT2D eigenvalue weighted by Gasteiger charge is 2.05. The summed E-state index contributed by atoms with van der Waals surface area (Å²) in [6.07, 6.45) is 2.37. The Balaban J connectivity index is 1.93. The molecule has 2 aromatic rings. The van der Waals surface area contributed by atoms with Gasteiger partial charge < -0.3 is 24.6 Å². The van der Waals surface area contributed by atoms with Crippen LogP contribution in [-0.2, 0) is 0 Å².